The zero-order chi connectivity index (χ0) is 18.1. The van der Waals surface area contributed by atoms with E-state index in [0.717, 1.165) is 24.9 Å². The van der Waals surface area contributed by atoms with Crippen molar-refractivity contribution in [3.05, 3.63) is 40.4 Å². The fraction of sp³-hybridized carbons (Fsp3) is 0.550. The first-order valence-corrected chi connectivity index (χ1v) is 9.61. The molecule has 2 aromatic rings. The lowest BCUT2D eigenvalue weighted by Gasteiger charge is -2.41. The van der Waals surface area contributed by atoms with Crippen molar-refractivity contribution in [3.8, 4) is 0 Å². The van der Waals surface area contributed by atoms with E-state index in [1.54, 1.807) is 6.07 Å². The Balaban J connectivity index is 1.64. The van der Waals surface area contributed by atoms with Crippen LogP contribution in [0.15, 0.2) is 29.1 Å². The highest BCUT2D eigenvalue weighted by molar-refractivity contribution is 5.78. The molecule has 1 amide bonds. The number of piperidine rings is 1. The molecule has 0 unspecified atom stereocenters. The molecule has 1 aromatic carbocycles. The largest absolute Gasteiger partial charge is 0.368 e. The van der Waals surface area contributed by atoms with Gasteiger partial charge < -0.3 is 5.73 Å². The van der Waals surface area contributed by atoms with Crippen molar-refractivity contribution >= 4 is 16.8 Å². The quantitative estimate of drug-likeness (QED) is 0.909. The summed E-state index contributed by atoms with van der Waals surface area (Å²) in [6.45, 7) is 2.56. The van der Waals surface area contributed by atoms with Crippen molar-refractivity contribution < 1.29 is 4.79 Å². The predicted molar refractivity (Wildman–Crippen MR) is 101 cm³/mol. The summed E-state index contributed by atoms with van der Waals surface area (Å²) in [7, 11) is 0. The highest BCUT2D eigenvalue weighted by Gasteiger charge is 2.31. The number of amides is 1. The van der Waals surface area contributed by atoms with Crippen LogP contribution in [0.1, 0.15) is 37.9 Å². The third-order valence-electron chi connectivity index (χ3n) is 5.99. The molecule has 2 fully saturated rings. The Morgan fingerprint density at radius 3 is 2.73 bits per heavy atom. The number of carbonyl (C=O) groups is 1. The van der Waals surface area contributed by atoms with Gasteiger partial charge in [0.2, 0.25) is 5.91 Å². The van der Waals surface area contributed by atoms with E-state index in [4.69, 9.17) is 10.7 Å². The van der Waals surface area contributed by atoms with Crippen LogP contribution < -0.4 is 11.3 Å². The lowest BCUT2D eigenvalue weighted by atomic mass is 9.75. The number of benzene rings is 1. The maximum atomic E-state index is 12.9. The van der Waals surface area contributed by atoms with Gasteiger partial charge in [-0.25, -0.2) is 4.98 Å². The van der Waals surface area contributed by atoms with Gasteiger partial charge in [-0.3, -0.25) is 19.1 Å². The number of rotatable bonds is 4. The molecule has 26 heavy (non-hydrogen) atoms. The van der Waals surface area contributed by atoms with Gasteiger partial charge in [0.1, 0.15) is 12.4 Å². The molecule has 1 aliphatic heterocycles. The number of fused-ring (bicyclic) bond motifs is 2. The fourth-order valence-corrected chi connectivity index (χ4v) is 4.67. The molecule has 6 nitrogen and oxygen atoms in total. The number of hydrogen-bond donors (Lipinski definition) is 1. The van der Waals surface area contributed by atoms with Crippen LogP contribution in [0.2, 0.25) is 0 Å². The lowest BCUT2D eigenvalue weighted by Crippen LogP contribution is -2.43. The van der Waals surface area contributed by atoms with Crippen molar-refractivity contribution in [1.29, 1.82) is 0 Å². The van der Waals surface area contributed by atoms with Crippen LogP contribution in [0.3, 0.4) is 0 Å². The van der Waals surface area contributed by atoms with E-state index in [1.165, 1.54) is 36.7 Å². The number of aromatic nitrogens is 2. The Hall–Kier alpha value is -2.21. The zero-order valence-corrected chi connectivity index (χ0v) is 15.1. The van der Waals surface area contributed by atoms with Crippen LogP contribution >= 0.6 is 0 Å². The predicted octanol–water partition coefficient (Wildman–Crippen LogP) is 1.89. The van der Waals surface area contributed by atoms with Crippen LogP contribution in [0.25, 0.3) is 10.9 Å². The number of nitrogens with zero attached hydrogens (tertiary/aromatic N) is 3. The standard InChI is InChI=1S/C20H26N4O2/c21-18(25)12-24-19(22-17-8-4-3-7-16(17)20(24)26)13-23-10-9-14-5-1-2-6-15(14)11-23/h3-4,7-8,14-15H,1-2,5-6,9-13H2,(H2,21,25)/t14-,15+/m0/s1. The molecular formula is C20H26N4O2. The Morgan fingerprint density at radius 2 is 1.92 bits per heavy atom. The summed E-state index contributed by atoms with van der Waals surface area (Å²) in [6, 6.07) is 7.29. The molecule has 1 saturated heterocycles. The molecule has 2 atom stereocenters. The molecule has 0 bridgehead atoms. The van der Waals surface area contributed by atoms with Crippen molar-refractivity contribution in [3.63, 3.8) is 0 Å². The Morgan fingerprint density at radius 1 is 1.15 bits per heavy atom. The first-order chi connectivity index (χ1) is 12.6. The maximum absolute atomic E-state index is 12.9. The van der Waals surface area contributed by atoms with Crippen LogP contribution in [-0.2, 0) is 17.9 Å². The molecule has 2 N–H and O–H groups in total. The SMILES string of the molecule is NC(=O)Cn1c(CN2CC[C@@H]3CCCC[C@@H]3C2)nc2ccccc2c1=O. The molecule has 2 heterocycles. The molecule has 2 aliphatic rings. The van der Waals surface area contributed by atoms with E-state index in [-0.39, 0.29) is 12.1 Å². The second-order valence-electron chi connectivity index (χ2n) is 7.73. The summed E-state index contributed by atoms with van der Waals surface area (Å²) in [4.78, 5) is 31.5. The number of likely N-dealkylation sites (tertiary alicyclic amines) is 1. The Kier molecular flexibility index (Phi) is 4.76. The van der Waals surface area contributed by atoms with Crippen molar-refractivity contribution in [2.75, 3.05) is 13.1 Å². The molecule has 4 rings (SSSR count). The van der Waals surface area contributed by atoms with E-state index in [2.05, 4.69) is 4.90 Å². The van der Waals surface area contributed by atoms with E-state index in [9.17, 15) is 9.59 Å². The smallest absolute Gasteiger partial charge is 0.261 e. The second-order valence-corrected chi connectivity index (χ2v) is 7.73. The number of carbonyl (C=O) groups excluding carboxylic acids is 1. The van der Waals surface area contributed by atoms with Gasteiger partial charge in [-0.1, -0.05) is 31.4 Å². The summed E-state index contributed by atoms with van der Waals surface area (Å²) < 4.78 is 1.46. The highest BCUT2D eigenvalue weighted by Crippen LogP contribution is 2.36. The van der Waals surface area contributed by atoms with Crippen LogP contribution in [0.5, 0.6) is 0 Å². The number of nitrogens with two attached hydrogens (primary N) is 1. The van der Waals surface area contributed by atoms with Crippen molar-refractivity contribution in [1.82, 2.24) is 14.5 Å². The number of hydrogen-bond acceptors (Lipinski definition) is 4. The summed E-state index contributed by atoms with van der Waals surface area (Å²) in [6.07, 6.45) is 6.58. The molecular weight excluding hydrogens is 328 g/mol. The van der Waals surface area contributed by atoms with Crippen LogP contribution in [0.4, 0.5) is 0 Å². The zero-order valence-electron chi connectivity index (χ0n) is 15.1. The van der Waals surface area contributed by atoms with E-state index >= 15 is 0 Å². The molecule has 1 aromatic heterocycles. The van der Waals surface area contributed by atoms with Gasteiger partial charge in [0.15, 0.2) is 0 Å². The van der Waals surface area contributed by atoms with E-state index in [1.807, 2.05) is 18.2 Å². The Bertz CT molecular complexity index is 876. The summed E-state index contributed by atoms with van der Waals surface area (Å²) in [5, 5.41) is 0.531. The molecule has 0 radical (unpaired) electrons. The highest BCUT2D eigenvalue weighted by atomic mass is 16.2. The van der Waals surface area contributed by atoms with E-state index in [0.29, 0.717) is 23.3 Å². The minimum absolute atomic E-state index is 0.119. The maximum Gasteiger partial charge on any atom is 0.261 e. The first-order valence-electron chi connectivity index (χ1n) is 9.61. The van der Waals surface area contributed by atoms with Crippen LogP contribution in [-0.4, -0.2) is 33.4 Å². The third-order valence-corrected chi connectivity index (χ3v) is 5.99. The summed E-state index contributed by atoms with van der Waals surface area (Å²) in [5.74, 6) is 1.74. The van der Waals surface area contributed by atoms with Gasteiger partial charge in [0.25, 0.3) is 5.56 Å². The topological polar surface area (TPSA) is 81.2 Å². The van der Waals surface area contributed by atoms with Crippen LogP contribution in [0, 0.1) is 11.8 Å². The van der Waals surface area contributed by atoms with Gasteiger partial charge in [-0.05, 0) is 43.4 Å². The Labute approximate surface area is 153 Å². The summed E-state index contributed by atoms with van der Waals surface area (Å²) in [5.41, 5.74) is 5.88. The van der Waals surface area contributed by atoms with Gasteiger partial charge in [0.05, 0.1) is 17.4 Å². The lowest BCUT2D eigenvalue weighted by molar-refractivity contribution is -0.118. The van der Waals surface area contributed by atoms with Crippen molar-refractivity contribution in [2.24, 2.45) is 17.6 Å². The first kappa shape index (κ1) is 17.2. The number of para-hydroxylation sites is 1. The van der Waals surface area contributed by atoms with E-state index < -0.39 is 5.91 Å². The molecule has 6 heteroatoms. The number of primary amides is 1. The summed E-state index contributed by atoms with van der Waals surface area (Å²) >= 11 is 0. The molecule has 0 spiro atoms. The monoisotopic (exact) mass is 354 g/mol. The minimum atomic E-state index is -0.517. The molecule has 1 aliphatic carbocycles. The molecule has 138 valence electrons. The van der Waals surface area contributed by atoms with Gasteiger partial charge >= 0.3 is 0 Å². The average molecular weight is 354 g/mol. The average Bonchev–Trinajstić information content (AvgIpc) is 2.64. The fourth-order valence-electron chi connectivity index (χ4n) is 4.67. The van der Waals surface area contributed by atoms with Gasteiger partial charge in [-0.2, -0.15) is 0 Å². The van der Waals surface area contributed by atoms with Gasteiger partial charge in [-0.15, -0.1) is 0 Å². The minimum Gasteiger partial charge on any atom is -0.368 e. The van der Waals surface area contributed by atoms with Gasteiger partial charge in [0, 0.05) is 6.54 Å². The second kappa shape index (κ2) is 7.19. The normalized spacial score (nSPS) is 23.7. The molecule has 1 saturated carbocycles. The third kappa shape index (κ3) is 3.38. The van der Waals surface area contributed by atoms with Crippen molar-refractivity contribution in [2.45, 2.75) is 45.2 Å².